The van der Waals surface area contributed by atoms with Gasteiger partial charge in [0.2, 0.25) is 0 Å². The van der Waals surface area contributed by atoms with Gasteiger partial charge >= 0.3 is 6.18 Å². The van der Waals surface area contributed by atoms with Crippen LogP contribution in [0.4, 0.5) is 13.2 Å². The first-order valence-corrected chi connectivity index (χ1v) is 7.69. The molecule has 2 rings (SSSR count). The highest BCUT2D eigenvalue weighted by Gasteiger charge is 2.30. The van der Waals surface area contributed by atoms with Crippen LogP contribution in [0.2, 0.25) is 0 Å². The molecule has 4 nitrogen and oxygen atoms in total. The maximum absolute atomic E-state index is 12.7. The molecule has 0 aliphatic rings. The molecule has 1 unspecified atom stereocenters. The zero-order valence-electron chi connectivity index (χ0n) is 14.0. The standard InChI is InChI=1S/C17H22F3N3O/c1-22(2)10-4-12-24-15(16-21-9-11-23(16)3)13-5-7-14(8-6-13)17(18,19)20/h5-9,11,15H,4,10,12H2,1-3H3. The van der Waals surface area contributed by atoms with Gasteiger partial charge in [0.05, 0.1) is 5.56 Å². The van der Waals surface area contributed by atoms with Crippen molar-refractivity contribution in [1.82, 2.24) is 14.5 Å². The van der Waals surface area contributed by atoms with Crippen LogP contribution in [0.15, 0.2) is 36.7 Å². The lowest BCUT2D eigenvalue weighted by molar-refractivity contribution is -0.137. The highest BCUT2D eigenvalue weighted by atomic mass is 19.4. The molecule has 1 aromatic heterocycles. The van der Waals surface area contributed by atoms with E-state index < -0.39 is 17.8 Å². The number of benzene rings is 1. The number of rotatable bonds is 7. The molecule has 1 aromatic carbocycles. The Labute approximate surface area is 139 Å². The Balaban J connectivity index is 2.18. The lowest BCUT2D eigenvalue weighted by Gasteiger charge is -2.19. The van der Waals surface area contributed by atoms with Crippen molar-refractivity contribution in [2.45, 2.75) is 18.7 Å². The fourth-order valence-corrected chi connectivity index (χ4v) is 2.38. The van der Waals surface area contributed by atoms with Crippen molar-refractivity contribution in [1.29, 1.82) is 0 Å². The minimum atomic E-state index is -4.34. The molecule has 132 valence electrons. The van der Waals surface area contributed by atoms with Crippen LogP contribution < -0.4 is 0 Å². The molecule has 0 amide bonds. The molecule has 0 radical (unpaired) electrons. The number of halogens is 3. The Hall–Kier alpha value is -1.86. The maximum Gasteiger partial charge on any atom is 0.416 e. The Kier molecular flexibility index (Phi) is 6.01. The van der Waals surface area contributed by atoms with E-state index in [9.17, 15) is 13.2 Å². The summed E-state index contributed by atoms with van der Waals surface area (Å²) in [5, 5.41) is 0. The summed E-state index contributed by atoms with van der Waals surface area (Å²) in [6.07, 6.45) is -0.571. The Morgan fingerprint density at radius 1 is 1.21 bits per heavy atom. The average molecular weight is 341 g/mol. The van der Waals surface area contributed by atoms with Crippen LogP contribution in [0.3, 0.4) is 0 Å². The van der Waals surface area contributed by atoms with E-state index in [1.165, 1.54) is 12.1 Å². The monoisotopic (exact) mass is 341 g/mol. The van der Waals surface area contributed by atoms with E-state index in [4.69, 9.17) is 4.74 Å². The van der Waals surface area contributed by atoms with Crippen molar-refractivity contribution in [3.63, 3.8) is 0 Å². The van der Waals surface area contributed by atoms with Crippen LogP contribution in [0, 0.1) is 0 Å². The maximum atomic E-state index is 12.7. The van der Waals surface area contributed by atoms with E-state index in [1.807, 2.05) is 25.7 Å². The summed E-state index contributed by atoms with van der Waals surface area (Å²) in [4.78, 5) is 6.34. The summed E-state index contributed by atoms with van der Waals surface area (Å²) in [5.74, 6) is 0.666. The number of hydrogen-bond acceptors (Lipinski definition) is 3. The molecule has 2 aromatic rings. The predicted octanol–water partition coefficient (Wildman–Crippen LogP) is 3.50. The van der Waals surface area contributed by atoms with Crippen LogP contribution >= 0.6 is 0 Å². The van der Waals surface area contributed by atoms with Gasteiger partial charge in [0, 0.05) is 26.0 Å². The highest BCUT2D eigenvalue weighted by Crippen LogP contribution is 2.31. The summed E-state index contributed by atoms with van der Waals surface area (Å²) < 4.78 is 45.9. The lowest BCUT2D eigenvalue weighted by atomic mass is 10.1. The fraction of sp³-hybridized carbons (Fsp3) is 0.471. The fourth-order valence-electron chi connectivity index (χ4n) is 2.38. The molecule has 0 spiro atoms. The Morgan fingerprint density at radius 2 is 1.88 bits per heavy atom. The summed E-state index contributed by atoms with van der Waals surface area (Å²) in [7, 11) is 5.79. The van der Waals surface area contributed by atoms with Crippen LogP contribution in [0.5, 0.6) is 0 Å². The molecule has 7 heteroatoms. The highest BCUT2D eigenvalue weighted by molar-refractivity contribution is 5.29. The molecule has 0 saturated carbocycles. The first-order chi connectivity index (χ1) is 11.3. The number of aryl methyl sites for hydroxylation is 1. The van der Waals surface area contributed by atoms with Crippen LogP contribution in [0.1, 0.15) is 29.5 Å². The minimum Gasteiger partial charge on any atom is -0.365 e. The average Bonchev–Trinajstić information content (AvgIpc) is 2.92. The van der Waals surface area contributed by atoms with E-state index in [0.29, 0.717) is 18.0 Å². The summed E-state index contributed by atoms with van der Waals surface area (Å²) in [5.41, 5.74) is -0.0143. The van der Waals surface area contributed by atoms with Crippen LogP contribution in [0.25, 0.3) is 0 Å². The van der Waals surface area contributed by atoms with E-state index in [-0.39, 0.29) is 0 Å². The number of nitrogens with zero attached hydrogens (tertiary/aromatic N) is 3. The van der Waals surface area contributed by atoms with Gasteiger partial charge < -0.3 is 14.2 Å². The second kappa shape index (κ2) is 7.81. The molecule has 24 heavy (non-hydrogen) atoms. The number of ether oxygens (including phenoxy) is 1. The molecule has 1 heterocycles. The molecule has 0 fully saturated rings. The van der Waals surface area contributed by atoms with Gasteiger partial charge in [-0.25, -0.2) is 4.98 Å². The molecule has 0 aliphatic heterocycles. The number of imidazole rings is 1. The first kappa shape index (κ1) is 18.5. The smallest absolute Gasteiger partial charge is 0.365 e. The molecule has 0 bridgehead atoms. The quantitative estimate of drug-likeness (QED) is 0.722. The zero-order valence-corrected chi connectivity index (χ0v) is 14.0. The van der Waals surface area contributed by atoms with Crippen molar-refractivity contribution in [3.8, 4) is 0 Å². The van der Waals surface area contributed by atoms with Crippen molar-refractivity contribution in [3.05, 3.63) is 53.6 Å². The van der Waals surface area contributed by atoms with E-state index in [1.54, 1.807) is 12.4 Å². The van der Waals surface area contributed by atoms with Gasteiger partial charge in [-0.2, -0.15) is 13.2 Å². The first-order valence-electron chi connectivity index (χ1n) is 7.69. The van der Waals surface area contributed by atoms with Crippen LogP contribution in [-0.4, -0.2) is 41.7 Å². The van der Waals surface area contributed by atoms with Crippen LogP contribution in [-0.2, 0) is 18.0 Å². The minimum absolute atomic E-state index is 0.491. The molecular formula is C17H22F3N3O. The van der Waals surface area contributed by atoms with Gasteiger partial charge in [0.15, 0.2) is 0 Å². The third kappa shape index (κ3) is 4.82. The van der Waals surface area contributed by atoms with Gasteiger partial charge in [-0.05, 0) is 44.8 Å². The second-order valence-corrected chi connectivity index (χ2v) is 5.92. The lowest BCUT2D eigenvalue weighted by Crippen LogP contribution is -2.17. The largest absolute Gasteiger partial charge is 0.416 e. The van der Waals surface area contributed by atoms with Crippen molar-refractivity contribution < 1.29 is 17.9 Å². The normalized spacial score (nSPS) is 13.5. The molecular weight excluding hydrogens is 319 g/mol. The second-order valence-electron chi connectivity index (χ2n) is 5.92. The Morgan fingerprint density at radius 3 is 2.38 bits per heavy atom. The van der Waals surface area contributed by atoms with Gasteiger partial charge in [0.25, 0.3) is 0 Å². The predicted molar refractivity (Wildman–Crippen MR) is 85.6 cm³/mol. The third-order valence-corrected chi connectivity index (χ3v) is 3.67. The molecule has 0 saturated heterocycles. The van der Waals surface area contributed by atoms with Gasteiger partial charge in [0.1, 0.15) is 11.9 Å². The number of aromatic nitrogens is 2. The summed E-state index contributed by atoms with van der Waals surface area (Å²) in [6, 6.07) is 5.06. The van der Waals surface area contributed by atoms with Crippen molar-refractivity contribution in [2.75, 3.05) is 27.2 Å². The van der Waals surface area contributed by atoms with Crippen molar-refractivity contribution >= 4 is 0 Å². The number of alkyl halides is 3. The molecule has 0 N–H and O–H groups in total. The van der Waals surface area contributed by atoms with E-state index in [2.05, 4.69) is 9.88 Å². The Bertz CT molecular complexity index is 635. The third-order valence-electron chi connectivity index (χ3n) is 3.67. The summed E-state index contributed by atoms with van der Waals surface area (Å²) >= 11 is 0. The summed E-state index contributed by atoms with van der Waals surface area (Å²) in [6.45, 7) is 1.37. The van der Waals surface area contributed by atoms with Gasteiger partial charge in [-0.15, -0.1) is 0 Å². The van der Waals surface area contributed by atoms with Gasteiger partial charge in [-0.1, -0.05) is 12.1 Å². The molecule has 1 atom stereocenters. The van der Waals surface area contributed by atoms with E-state index >= 15 is 0 Å². The van der Waals surface area contributed by atoms with Crippen molar-refractivity contribution in [2.24, 2.45) is 7.05 Å². The van der Waals surface area contributed by atoms with Gasteiger partial charge in [-0.3, -0.25) is 0 Å². The topological polar surface area (TPSA) is 30.3 Å². The molecule has 0 aliphatic carbocycles. The van der Waals surface area contributed by atoms with E-state index in [0.717, 1.165) is 25.1 Å². The number of hydrogen-bond donors (Lipinski definition) is 0. The SMILES string of the molecule is CN(C)CCCOC(c1ccc(C(F)(F)F)cc1)c1nccn1C. The zero-order chi connectivity index (χ0) is 17.7.